The molecule has 2 rings (SSSR count). The summed E-state index contributed by atoms with van der Waals surface area (Å²) >= 11 is 0. The summed E-state index contributed by atoms with van der Waals surface area (Å²) in [6.45, 7) is 3.87. The average molecular weight is 277 g/mol. The molecule has 0 spiro atoms. The molecule has 0 saturated heterocycles. The number of hydrogen-bond acceptors (Lipinski definition) is 5. The average Bonchev–Trinajstić information content (AvgIpc) is 2.76. The molecule has 0 bridgehead atoms. The molecule has 0 aliphatic rings. The number of ether oxygens (including phenoxy) is 2. The van der Waals surface area contributed by atoms with Gasteiger partial charge in [0.15, 0.2) is 11.4 Å². The fourth-order valence-electron chi connectivity index (χ4n) is 1.87. The maximum Gasteiger partial charge on any atom is 0.358 e. The summed E-state index contributed by atoms with van der Waals surface area (Å²) in [4.78, 5) is 26.1. The summed E-state index contributed by atoms with van der Waals surface area (Å²) < 4.78 is 9.72. The molecular formula is C14H15NO5. The highest BCUT2D eigenvalue weighted by Crippen LogP contribution is 2.30. The van der Waals surface area contributed by atoms with Crippen molar-refractivity contribution in [3.63, 3.8) is 0 Å². The minimum absolute atomic E-state index is 0.0251. The normalized spacial score (nSPS) is 10.5. The van der Waals surface area contributed by atoms with E-state index in [1.165, 1.54) is 6.07 Å². The van der Waals surface area contributed by atoms with Crippen LogP contribution in [0.5, 0.6) is 5.75 Å². The Morgan fingerprint density at radius 1 is 1.15 bits per heavy atom. The summed E-state index contributed by atoms with van der Waals surface area (Å²) in [6, 6.07) is 4.64. The predicted octanol–water partition coefficient (Wildman–Crippen LogP) is 2.23. The lowest BCUT2D eigenvalue weighted by molar-refractivity contribution is 0.0511. The van der Waals surface area contributed by atoms with E-state index in [-0.39, 0.29) is 24.7 Å². The predicted molar refractivity (Wildman–Crippen MR) is 71.9 cm³/mol. The first kappa shape index (κ1) is 13.9. The number of carbonyl (C=O) groups is 2. The van der Waals surface area contributed by atoms with Gasteiger partial charge < -0.3 is 19.6 Å². The molecule has 0 radical (unpaired) electrons. The van der Waals surface area contributed by atoms with Crippen LogP contribution in [0.2, 0.25) is 0 Å². The molecule has 1 heterocycles. The van der Waals surface area contributed by atoms with Crippen molar-refractivity contribution in [3.8, 4) is 5.75 Å². The number of hydrogen-bond donors (Lipinski definition) is 2. The van der Waals surface area contributed by atoms with Crippen molar-refractivity contribution < 1.29 is 24.2 Å². The van der Waals surface area contributed by atoms with Crippen LogP contribution in [0, 0.1) is 0 Å². The minimum Gasteiger partial charge on any atom is -0.505 e. The summed E-state index contributed by atoms with van der Waals surface area (Å²) in [7, 11) is 0. The molecule has 1 aromatic heterocycles. The maximum absolute atomic E-state index is 11.7. The standard InChI is InChI=1S/C14H15NO5/c1-3-19-13(17)8-5-6-10-9(7-8)12(16)11(15-10)14(18)20-4-2/h5-7,15-16H,3-4H2,1-2H3. The van der Waals surface area contributed by atoms with Crippen LogP contribution in [-0.2, 0) is 9.47 Å². The Bertz CT molecular complexity index is 659. The smallest absolute Gasteiger partial charge is 0.358 e. The van der Waals surface area contributed by atoms with Gasteiger partial charge in [0.25, 0.3) is 0 Å². The molecule has 6 heteroatoms. The second kappa shape index (κ2) is 5.64. The maximum atomic E-state index is 11.7. The number of benzene rings is 1. The van der Waals surface area contributed by atoms with Gasteiger partial charge in [-0.15, -0.1) is 0 Å². The van der Waals surface area contributed by atoms with Gasteiger partial charge in [0.05, 0.1) is 18.8 Å². The van der Waals surface area contributed by atoms with E-state index in [0.717, 1.165) is 0 Å². The number of H-pyrrole nitrogens is 1. The van der Waals surface area contributed by atoms with E-state index in [1.54, 1.807) is 26.0 Å². The number of aromatic hydroxyl groups is 1. The Balaban J connectivity index is 2.45. The van der Waals surface area contributed by atoms with Gasteiger partial charge in [0.2, 0.25) is 0 Å². The van der Waals surface area contributed by atoms with E-state index in [1.807, 2.05) is 0 Å². The van der Waals surface area contributed by atoms with Crippen LogP contribution in [0.3, 0.4) is 0 Å². The zero-order chi connectivity index (χ0) is 14.7. The molecular weight excluding hydrogens is 262 g/mol. The topological polar surface area (TPSA) is 88.6 Å². The number of nitrogens with one attached hydrogen (secondary N) is 1. The summed E-state index contributed by atoms with van der Waals surface area (Å²) in [5.41, 5.74) is 0.825. The van der Waals surface area contributed by atoms with Crippen LogP contribution in [0.15, 0.2) is 18.2 Å². The fraction of sp³-hybridized carbons (Fsp3) is 0.286. The number of esters is 2. The number of fused-ring (bicyclic) bond motifs is 1. The van der Waals surface area contributed by atoms with Crippen molar-refractivity contribution in [1.82, 2.24) is 4.98 Å². The fourth-order valence-corrected chi connectivity index (χ4v) is 1.87. The largest absolute Gasteiger partial charge is 0.505 e. The molecule has 0 fully saturated rings. The Labute approximate surface area is 115 Å². The lowest BCUT2D eigenvalue weighted by Gasteiger charge is -2.01. The third-order valence-corrected chi connectivity index (χ3v) is 2.76. The quantitative estimate of drug-likeness (QED) is 0.836. The van der Waals surface area contributed by atoms with Crippen molar-refractivity contribution in [1.29, 1.82) is 0 Å². The highest BCUT2D eigenvalue weighted by Gasteiger charge is 2.19. The lowest BCUT2D eigenvalue weighted by Crippen LogP contribution is -2.04. The van der Waals surface area contributed by atoms with Gasteiger partial charge in [0, 0.05) is 10.9 Å². The molecule has 20 heavy (non-hydrogen) atoms. The Morgan fingerprint density at radius 2 is 1.80 bits per heavy atom. The molecule has 0 amide bonds. The third kappa shape index (κ3) is 2.45. The van der Waals surface area contributed by atoms with Crippen molar-refractivity contribution in [3.05, 3.63) is 29.5 Å². The molecule has 0 saturated carbocycles. The lowest BCUT2D eigenvalue weighted by atomic mass is 10.1. The van der Waals surface area contributed by atoms with Crippen LogP contribution >= 0.6 is 0 Å². The molecule has 0 atom stereocenters. The summed E-state index contributed by atoms with van der Waals surface area (Å²) in [6.07, 6.45) is 0. The molecule has 2 aromatic rings. The Kier molecular flexibility index (Phi) is 3.93. The number of aromatic nitrogens is 1. The van der Waals surface area contributed by atoms with Gasteiger partial charge in [-0.05, 0) is 32.0 Å². The molecule has 0 aliphatic heterocycles. The first-order chi connectivity index (χ1) is 9.58. The molecule has 6 nitrogen and oxygen atoms in total. The van der Waals surface area contributed by atoms with Crippen molar-refractivity contribution >= 4 is 22.8 Å². The molecule has 2 N–H and O–H groups in total. The van der Waals surface area contributed by atoms with Crippen LogP contribution in [0.1, 0.15) is 34.7 Å². The molecule has 0 aliphatic carbocycles. The van der Waals surface area contributed by atoms with Gasteiger partial charge in [-0.1, -0.05) is 0 Å². The van der Waals surface area contributed by atoms with E-state index in [2.05, 4.69) is 4.98 Å². The van der Waals surface area contributed by atoms with Gasteiger partial charge in [-0.2, -0.15) is 0 Å². The highest BCUT2D eigenvalue weighted by molar-refractivity contribution is 6.03. The number of aromatic amines is 1. The minimum atomic E-state index is -0.640. The van der Waals surface area contributed by atoms with Crippen molar-refractivity contribution in [2.24, 2.45) is 0 Å². The summed E-state index contributed by atoms with van der Waals surface area (Å²) in [5.74, 6) is -1.35. The van der Waals surface area contributed by atoms with Crippen LogP contribution < -0.4 is 0 Å². The zero-order valence-corrected chi connectivity index (χ0v) is 11.2. The molecule has 0 unspecified atom stereocenters. The Hall–Kier alpha value is -2.50. The molecule has 106 valence electrons. The van der Waals surface area contributed by atoms with Crippen LogP contribution in [-0.4, -0.2) is 35.2 Å². The van der Waals surface area contributed by atoms with E-state index < -0.39 is 11.9 Å². The molecule has 1 aromatic carbocycles. The third-order valence-electron chi connectivity index (χ3n) is 2.76. The van der Waals surface area contributed by atoms with Crippen molar-refractivity contribution in [2.75, 3.05) is 13.2 Å². The highest BCUT2D eigenvalue weighted by atomic mass is 16.5. The number of carbonyl (C=O) groups excluding carboxylic acids is 2. The van der Waals surface area contributed by atoms with Gasteiger partial charge in [0.1, 0.15) is 0 Å². The van der Waals surface area contributed by atoms with Crippen LogP contribution in [0.4, 0.5) is 0 Å². The zero-order valence-electron chi connectivity index (χ0n) is 11.2. The van der Waals surface area contributed by atoms with E-state index in [4.69, 9.17) is 9.47 Å². The van der Waals surface area contributed by atoms with Crippen LogP contribution in [0.25, 0.3) is 10.9 Å². The second-order valence-corrected chi connectivity index (χ2v) is 4.05. The van der Waals surface area contributed by atoms with Gasteiger partial charge >= 0.3 is 11.9 Å². The van der Waals surface area contributed by atoms with E-state index in [0.29, 0.717) is 16.5 Å². The van der Waals surface area contributed by atoms with Gasteiger partial charge in [-0.3, -0.25) is 0 Å². The second-order valence-electron chi connectivity index (χ2n) is 4.05. The first-order valence-corrected chi connectivity index (χ1v) is 6.27. The van der Waals surface area contributed by atoms with Crippen molar-refractivity contribution in [2.45, 2.75) is 13.8 Å². The van der Waals surface area contributed by atoms with E-state index >= 15 is 0 Å². The number of rotatable bonds is 4. The SMILES string of the molecule is CCOC(=O)c1ccc2[nH]c(C(=O)OCC)c(O)c2c1. The Morgan fingerprint density at radius 3 is 2.45 bits per heavy atom. The first-order valence-electron chi connectivity index (χ1n) is 6.27. The monoisotopic (exact) mass is 277 g/mol. The van der Waals surface area contributed by atoms with E-state index in [9.17, 15) is 14.7 Å². The summed E-state index contributed by atoms with van der Waals surface area (Å²) in [5, 5.41) is 10.4. The van der Waals surface area contributed by atoms with Gasteiger partial charge in [-0.25, -0.2) is 9.59 Å².